The van der Waals surface area contributed by atoms with Gasteiger partial charge in [0, 0.05) is 37.4 Å². The van der Waals surface area contributed by atoms with Crippen molar-refractivity contribution in [1.82, 2.24) is 15.0 Å². The summed E-state index contributed by atoms with van der Waals surface area (Å²) in [6, 6.07) is 13.1. The molecule has 1 aliphatic rings. The number of halogens is 1. The SMILES string of the molecule is COc1ccc(N2CCCN(C(C)c3nc(-c4ccc(F)c(C)c4)no3)CC2)cc1. The summed E-state index contributed by atoms with van der Waals surface area (Å²) >= 11 is 0. The molecule has 2 aromatic carbocycles. The van der Waals surface area contributed by atoms with E-state index in [9.17, 15) is 4.39 Å². The zero-order chi connectivity index (χ0) is 21.1. The molecule has 7 heteroatoms. The molecule has 1 fully saturated rings. The average Bonchev–Trinajstić information content (AvgIpc) is 3.13. The van der Waals surface area contributed by atoms with Gasteiger partial charge in [-0.1, -0.05) is 5.16 Å². The molecule has 1 unspecified atom stereocenters. The Morgan fingerprint density at radius 1 is 1.07 bits per heavy atom. The van der Waals surface area contributed by atoms with Crippen molar-refractivity contribution in [3.8, 4) is 17.1 Å². The number of aryl methyl sites for hydroxylation is 1. The number of anilines is 1. The van der Waals surface area contributed by atoms with Crippen LogP contribution in [0.5, 0.6) is 5.75 Å². The molecule has 1 aromatic heterocycles. The number of methoxy groups -OCH3 is 1. The number of hydrogen-bond donors (Lipinski definition) is 0. The Labute approximate surface area is 176 Å². The van der Waals surface area contributed by atoms with Crippen molar-refractivity contribution in [2.24, 2.45) is 0 Å². The highest BCUT2D eigenvalue weighted by Crippen LogP contribution is 2.26. The van der Waals surface area contributed by atoms with Gasteiger partial charge in [-0.05, 0) is 68.3 Å². The second-order valence-electron chi connectivity index (χ2n) is 7.67. The molecule has 30 heavy (non-hydrogen) atoms. The van der Waals surface area contributed by atoms with Crippen LogP contribution in [0.4, 0.5) is 10.1 Å². The average molecular weight is 410 g/mol. The lowest BCUT2D eigenvalue weighted by Crippen LogP contribution is -2.32. The molecule has 0 aliphatic carbocycles. The first-order valence-corrected chi connectivity index (χ1v) is 10.3. The first kappa shape index (κ1) is 20.3. The Bertz CT molecular complexity index is 989. The van der Waals surface area contributed by atoms with E-state index < -0.39 is 0 Å². The minimum absolute atomic E-state index is 0.0172. The van der Waals surface area contributed by atoms with Gasteiger partial charge < -0.3 is 14.2 Å². The summed E-state index contributed by atoms with van der Waals surface area (Å²) in [4.78, 5) is 9.35. The van der Waals surface area contributed by atoms with Gasteiger partial charge in [0.2, 0.25) is 11.7 Å². The van der Waals surface area contributed by atoms with Gasteiger partial charge in [-0.3, -0.25) is 4.90 Å². The summed E-state index contributed by atoms with van der Waals surface area (Å²) < 4.78 is 24.4. The molecule has 1 atom stereocenters. The van der Waals surface area contributed by atoms with Crippen LogP contribution in [0.2, 0.25) is 0 Å². The third-order valence-electron chi connectivity index (χ3n) is 5.73. The molecule has 158 valence electrons. The predicted molar refractivity (Wildman–Crippen MR) is 114 cm³/mol. The topological polar surface area (TPSA) is 54.6 Å². The van der Waals surface area contributed by atoms with Crippen LogP contribution in [0.3, 0.4) is 0 Å². The Morgan fingerprint density at radius 3 is 2.60 bits per heavy atom. The third-order valence-corrected chi connectivity index (χ3v) is 5.73. The maximum absolute atomic E-state index is 13.5. The summed E-state index contributed by atoms with van der Waals surface area (Å²) in [5.74, 6) is 1.72. The van der Waals surface area contributed by atoms with Gasteiger partial charge in [0.25, 0.3) is 0 Å². The maximum Gasteiger partial charge on any atom is 0.244 e. The van der Waals surface area contributed by atoms with E-state index >= 15 is 0 Å². The summed E-state index contributed by atoms with van der Waals surface area (Å²) in [5.41, 5.74) is 2.53. The number of hydrogen-bond acceptors (Lipinski definition) is 6. The van der Waals surface area contributed by atoms with Crippen molar-refractivity contribution in [2.45, 2.75) is 26.3 Å². The van der Waals surface area contributed by atoms with Crippen LogP contribution >= 0.6 is 0 Å². The zero-order valence-corrected chi connectivity index (χ0v) is 17.6. The van der Waals surface area contributed by atoms with E-state index in [0.29, 0.717) is 17.3 Å². The first-order chi connectivity index (χ1) is 14.5. The van der Waals surface area contributed by atoms with Crippen molar-refractivity contribution in [3.63, 3.8) is 0 Å². The van der Waals surface area contributed by atoms with Crippen molar-refractivity contribution in [2.75, 3.05) is 38.2 Å². The molecule has 0 radical (unpaired) electrons. The molecule has 1 aliphatic heterocycles. The van der Waals surface area contributed by atoms with Gasteiger partial charge in [-0.25, -0.2) is 4.39 Å². The minimum Gasteiger partial charge on any atom is -0.497 e. The van der Waals surface area contributed by atoms with Crippen LogP contribution in [0.25, 0.3) is 11.4 Å². The number of rotatable bonds is 5. The summed E-state index contributed by atoms with van der Waals surface area (Å²) in [6.07, 6.45) is 1.05. The van der Waals surface area contributed by atoms with Crippen LogP contribution in [-0.2, 0) is 0 Å². The highest BCUT2D eigenvalue weighted by Gasteiger charge is 2.25. The molecule has 2 heterocycles. The van der Waals surface area contributed by atoms with Crippen LogP contribution in [0.1, 0.15) is 30.8 Å². The summed E-state index contributed by atoms with van der Waals surface area (Å²) in [5, 5.41) is 4.12. The van der Waals surface area contributed by atoms with Crippen molar-refractivity contribution in [1.29, 1.82) is 0 Å². The summed E-state index contributed by atoms with van der Waals surface area (Å²) in [7, 11) is 1.68. The van der Waals surface area contributed by atoms with Gasteiger partial charge in [0.05, 0.1) is 13.2 Å². The second-order valence-corrected chi connectivity index (χ2v) is 7.67. The Kier molecular flexibility index (Phi) is 5.99. The van der Waals surface area contributed by atoms with Crippen molar-refractivity contribution >= 4 is 5.69 Å². The number of ether oxygens (including phenoxy) is 1. The van der Waals surface area contributed by atoms with Gasteiger partial charge >= 0.3 is 0 Å². The van der Waals surface area contributed by atoms with Gasteiger partial charge in [0.15, 0.2) is 0 Å². The molecule has 6 nitrogen and oxygen atoms in total. The summed E-state index contributed by atoms with van der Waals surface area (Å²) in [6.45, 7) is 7.61. The quantitative estimate of drug-likeness (QED) is 0.619. The minimum atomic E-state index is -0.234. The first-order valence-electron chi connectivity index (χ1n) is 10.3. The molecular formula is C23H27FN4O2. The highest BCUT2D eigenvalue weighted by atomic mass is 19.1. The fourth-order valence-corrected chi connectivity index (χ4v) is 3.84. The molecule has 0 saturated carbocycles. The van der Waals surface area contributed by atoms with E-state index in [1.807, 2.05) is 12.1 Å². The lowest BCUT2D eigenvalue weighted by molar-refractivity contribution is 0.184. The van der Waals surface area contributed by atoms with Crippen LogP contribution in [0.15, 0.2) is 47.0 Å². The lowest BCUT2D eigenvalue weighted by atomic mass is 10.1. The van der Waals surface area contributed by atoms with Gasteiger partial charge in [-0.15, -0.1) is 0 Å². The third kappa shape index (κ3) is 4.31. The van der Waals surface area contributed by atoms with Crippen LogP contribution in [0, 0.1) is 12.7 Å². The lowest BCUT2D eigenvalue weighted by Gasteiger charge is -2.26. The van der Waals surface area contributed by atoms with Crippen molar-refractivity contribution in [3.05, 3.63) is 59.7 Å². The molecule has 1 saturated heterocycles. The predicted octanol–water partition coefficient (Wildman–Crippen LogP) is 4.47. The molecular weight excluding hydrogens is 383 g/mol. The molecule has 0 amide bonds. The Morgan fingerprint density at radius 2 is 1.87 bits per heavy atom. The second kappa shape index (κ2) is 8.83. The van der Waals surface area contributed by atoms with Gasteiger partial charge in [-0.2, -0.15) is 4.98 Å². The van der Waals surface area contributed by atoms with E-state index in [2.05, 4.69) is 39.0 Å². The Hall–Kier alpha value is -2.93. The molecule has 0 N–H and O–H groups in total. The fourth-order valence-electron chi connectivity index (χ4n) is 3.84. The molecule has 0 bridgehead atoms. The van der Waals surface area contributed by atoms with E-state index in [1.54, 1.807) is 26.2 Å². The van der Waals surface area contributed by atoms with E-state index in [0.717, 1.165) is 43.9 Å². The van der Waals surface area contributed by atoms with E-state index in [1.165, 1.54) is 11.8 Å². The maximum atomic E-state index is 13.5. The molecule has 0 spiro atoms. The van der Waals surface area contributed by atoms with Crippen molar-refractivity contribution < 1.29 is 13.7 Å². The highest BCUT2D eigenvalue weighted by molar-refractivity contribution is 5.55. The van der Waals surface area contributed by atoms with Crippen LogP contribution < -0.4 is 9.64 Å². The zero-order valence-electron chi connectivity index (χ0n) is 17.6. The normalized spacial score (nSPS) is 16.3. The Balaban J connectivity index is 1.43. The molecule has 4 rings (SSSR count). The largest absolute Gasteiger partial charge is 0.497 e. The fraction of sp³-hybridized carbons (Fsp3) is 0.391. The standard InChI is InChI=1S/C23H27FN4O2/c1-16-15-18(5-10-21(16)24)22-25-23(30-26-22)17(2)27-11-4-12-28(14-13-27)19-6-8-20(29-3)9-7-19/h5-10,15,17H,4,11-14H2,1-3H3. The van der Waals surface area contributed by atoms with E-state index in [-0.39, 0.29) is 11.9 Å². The number of benzene rings is 2. The van der Waals surface area contributed by atoms with E-state index in [4.69, 9.17) is 9.26 Å². The van der Waals surface area contributed by atoms with Gasteiger partial charge in [0.1, 0.15) is 11.6 Å². The van der Waals surface area contributed by atoms with Crippen LogP contribution in [-0.4, -0.2) is 48.3 Å². The number of aromatic nitrogens is 2. The number of nitrogens with zero attached hydrogens (tertiary/aromatic N) is 4. The molecule has 3 aromatic rings. The monoisotopic (exact) mass is 410 g/mol. The smallest absolute Gasteiger partial charge is 0.244 e.